The van der Waals surface area contributed by atoms with E-state index < -0.39 is 29.5 Å². The number of benzene rings is 2. The fourth-order valence-electron chi connectivity index (χ4n) is 3.57. The van der Waals surface area contributed by atoms with Gasteiger partial charge in [-0.25, -0.2) is 15.8 Å². The first-order chi connectivity index (χ1) is 16.6. The van der Waals surface area contributed by atoms with Gasteiger partial charge in [-0.3, -0.25) is 9.59 Å². The van der Waals surface area contributed by atoms with Crippen molar-refractivity contribution < 1.29 is 31.9 Å². The molecule has 7 nitrogen and oxygen atoms in total. The van der Waals surface area contributed by atoms with E-state index in [1.54, 1.807) is 13.0 Å². The third-order valence-electron chi connectivity index (χ3n) is 5.33. The molecule has 0 radical (unpaired) electrons. The lowest BCUT2D eigenvalue weighted by atomic mass is 9.92. The molecule has 1 unspecified atom stereocenters. The Bertz CT molecular complexity index is 1210. The Hall–Kier alpha value is -3.37. The summed E-state index contributed by atoms with van der Waals surface area (Å²) in [5, 5.41) is 0.409. The van der Waals surface area contributed by atoms with Crippen molar-refractivity contribution in [3.63, 3.8) is 0 Å². The molecule has 0 fully saturated rings. The second-order valence-corrected chi connectivity index (χ2v) is 8.06. The number of nitrogens with two attached hydrogens (primary N) is 1. The molecule has 0 spiro atoms. The number of aryl methyl sites for hydroxylation is 1. The first-order valence-corrected chi connectivity index (χ1v) is 11.1. The van der Waals surface area contributed by atoms with E-state index in [9.17, 15) is 22.8 Å². The highest BCUT2D eigenvalue weighted by Crippen LogP contribution is 2.34. The molecule has 2 amide bonds. The average molecular weight is 510 g/mol. The molecule has 35 heavy (non-hydrogen) atoms. The van der Waals surface area contributed by atoms with Crippen molar-refractivity contribution in [3.8, 4) is 17.1 Å². The lowest BCUT2D eigenvalue weighted by molar-refractivity contribution is -0.138. The largest absolute Gasteiger partial charge is 0.496 e. The monoisotopic (exact) mass is 509 g/mol. The smallest absolute Gasteiger partial charge is 0.416 e. The third-order valence-corrected chi connectivity index (χ3v) is 5.60. The minimum Gasteiger partial charge on any atom is -0.496 e. The van der Waals surface area contributed by atoms with E-state index in [0.29, 0.717) is 28.6 Å². The normalized spacial score (nSPS) is 12.3. The van der Waals surface area contributed by atoms with E-state index in [0.717, 1.165) is 12.1 Å². The second kappa shape index (κ2) is 10.9. The van der Waals surface area contributed by atoms with Gasteiger partial charge in [0.05, 0.1) is 30.4 Å². The summed E-state index contributed by atoms with van der Waals surface area (Å²) in [6.45, 7) is 1.68. The molecule has 2 N–H and O–H groups in total. The Morgan fingerprint density at radius 2 is 1.97 bits per heavy atom. The number of methoxy groups -OCH3 is 1. The number of oxazole rings is 1. The zero-order valence-electron chi connectivity index (χ0n) is 18.9. The molecule has 0 aliphatic heterocycles. The Morgan fingerprint density at radius 3 is 2.57 bits per heavy atom. The van der Waals surface area contributed by atoms with Crippen LogP contribution in [0.1, 0.15) is 46.1 Å². The van der Waals surface area contributed by atoms with Gasteiger partial charge in [-0.1, -0.05) is 18.2 Å². The van der Waals surface area contributed by atoms with E-state index in [1.807, 2.05) is 0 Å². The maximum Gasteiger partial charge on any atom is 0.416 e. The molecule has 0 aliphatic rings. The number of halogens is 4. The van der Waals surface area contributed by atoms with Gasteiger partial charge in [0.15, 0.2) is 11.7 Å². The highest BCUT2D eigenvalue weighted by atomic mass is 35.5. The number of amides is 2. The molecular weight excluding hydrogens is 487 g/mol. The average Bonchev–Trinajstić information content (AvgIpc) is 3.28. The van der Waals surface area contributed by atoms with Gasteiger partial charge < -0.3 is 9.15 Å². The maximum absolute atomic E-state index is 13.2. The standard InChI is InChI=1S/C24H23ClF3N3O4/c1-14-30-13-21(35-14)19-9-8-16(12-20(19)34-2)22(32)31(29)23(33)18(7-4-10-25)15-5-3-6-17(11-15)24(26,27)28/h3,5-6,8-9,11-13,18H,4,7,10,29H2,1-2H3. The summed E-state index contributed by atoms with van der Waals surface area (Å²) in [6, 6.07) is 8.76. The molecule has 0 aliphatic carbocycles. The maximum atomic E-state index is 13.2. The van der Waals surface area contributed by atoms with Crippen molar-refractivity contribution >= 4 is 23.4 Å². The number of carbonyl (C=O) groups excluding carboxylic acids is 2. The van der Waals surface area contributed by atoms with E-state index in [1.165, 1.54) is 37.6 Å². The summed E-state index contributed by atoms with van der Waals surface area (Å²) >= 11 is 5.75. The first kappa shape index (κ1) is 26.2. The van der Waals surface area contributed by atoms with Crippen LogP contribution < -0.4 is 10.6 Å². The van der Waals surface area contributed by atoms with E-state index in [4.69, 9.17) is 26.6 Å². The topological polar surface area (TPSA) is 98.7 Å². The number of carbonyl (C=O) groups is 2. The fourth-order valence-corrected chi connectivity index (χ4v) is 3.72. The van der Waals surface area contributed by atoms with Crippen LogP contribution in [0.5, 0.6) is 5.75 Å². The van der Waals surface area contributed by atoms with Crippen LogP contribution in [0.15, 0.2) is 53.1 Å². The molecular formula is C24H23ClF3N3O4. The molecule has 11 heteroatoms. The van der Waals surface area contributed by atoms with Crippen molar-refractivity contribution in [2.45, 2.75) is 31.9 Å². The highest BCUT2D eigenvalue weighted by Gasteiger charge is 2.33. The second-order valence-electron chi connectivity index (χ2n) is 7.68. The predicted octanol–water partition coefficient (Wildman–Crippen LogP) is 5.32. The lowest BCUT2D eigenvalue weighted by Gasteiger charge is -2.23. The van der Waals surface area contributed by atoms with Crippen molar-refractivity contribution in [1.82, 2.24) is 9.99 Å². The van der Waals surface area contributed by atoms with Gasteiger partial charge in [-0.2, -0.15) is 13.2 Å². The van der Waals surface area contributed by atoms with Crippen molar-refractivity contribution in [3.05, 3.63) is 71.2 Å². The predicted molar refractivity (Wildman–Crippen MR) is 123 cm³/mol. The summed E-state index contributed by atoms with van der Waals surface area (Å²) in [4.78, 5) is 30.2. The van der Waals surface area contributed by atoms with Crippen LogP contribution >= 0.6 is 11.6 Å². The summed E-state index contributed by atoms with van der Waals surface area (Å²) in [7, 11) is 1.40. The molecule has 1 heterocycles. The minimum absolute atomic E-state index is 0.0397. The molecule has 1 aromatic heterocycles. The number of ether oxygens (including phenoxy) is 1. The number of alkyl halides is 4. The van der Waals surface area contributed by atoms with Crippen LogP contribution in [0.25, 0.3) is 11.3 Å². The number of nitrogens with zero attached hydrogens (tertiary/aromatic N) is 2. The van der Waals surface area contributed by atoms with Crippen LogP contribution in [0.2, 0.25) is 0 Å². The number of hydrogen-bond donors (Lipinski definition) is 1. The van der Waals surface area contributed by atoms with E-state index >= 15 is 0 Å². The molecule has 186 valence electrons. The van der Waals surface area contributed by atoms with E-state index in [2.05, 4.69) is 4.98 Å². The van der Waals surface area contributed by atoms with Gasteiger partial charge in [0.1, 0.15) is 5.75 Å². The van der Waals surface area contributed by atoms with Gasteiger partial charge >= 0.3 is 6.18 Å². The molecule has 0 saturated heterocycles. The van der Waals surface area contributed by atoms with Gasteiger partial charge in [0.25, 0.3) is 11.8 Å². The quantitative estimate of drug-likeness (QED) is 0.191. The van der Waals surface area contributed by atoms with Crippen molar-refractivity contribution in [2.75, 3.05) is 13.0 Å². The molecule has 0 saturated carbocycles. The number of hydrazine groups is 1. The van der Waals surface area contributed by atoms with E-state index in [-0.39, 0.29) is 29.2 Å². The lowest BCUT2D eigenvalue weighted by Crippen LogP contribution is -2.45. The highest BCUT2D eigenvalue weighted by molar-refractivity contribution is 6.17. The molecule has 2 aromatic carbocycles. The van der Waals surface area contributed by atoms with Crippen molar-refractivity contribution in [1.29, 1.82) is 0 Å². The Morgan fingerprint density at radius 1 is 1.23 bits per heavy atom. The summed E-state index contributed by atoms with van der Waals surface area (Å²) in [6.07, 6.45) is -2.65. The summed E-state index contributed by atoms with van der Waals surface area (Å²) in [5.74, 6) is 4.41. The first-order valence-electron chi connectivity index (χ1n) is 10.5. The summed E-state index contributed by atoms with van der Waals surface area (Å²) < 4.78 is 50.5. The molecule has 3 rings (SSSR count). The zero-order chi connectivity index (χ0) is 25.8. The Balaban J connectivity index is 1.90. The Kier molecular flexibility index (Phi) is 8.18. The van der Waals surface area contributed by atoms with Gasteiger partial charge in [-0.15, -0.1) is 11.6 Å². The van der Waals surface area contributed by atoms with Crippen molar-refractivity contribution in [2.24, 2.45) is 5.84 Å². The third kappa shape index (κ3) is 6.01. The van der Waals surface area contributed by atoms with Gasteiger partial charge in [0.2, 0.25) is 0 Å². The molecule has 0 bridgehead atoms. The van der Waals surface area contributed by atoms with Crippen LogP contribution in [0.4, 0.5) is 13.2 Å². The fraction of sp³-hybridized carbons (Fsp3) is 0.292. The van der Waals surface area contributed by atoms with Crippen LogP contribution in [-0.2, 0) is 11.0 Å². The number of hydrogen-bond acceptors (Lipinski definition) is 6. The molecule has 3 aromatic rings. The number of aromatic nitrogens is 1. The van der Waals surface area contributed by atoms with Crippen LogP contribution in [0, 0.1) is 6.92 Å². The Labute approximate surface area is 204 Å². The van der Waals surface area contributed by atoms with Crippen LogP contribution in [0.3, 0.4) is 0 Å². The van der Waals surface area contributed by atoms with Gasteiger partial charge in [0, 0.05) is 18.4 Å². The van der Waals surface area contributed by atoms with Gasteiger partial charge in [-0.05, 0) is 42.7 Å². The number of imide groups is 1. The summed E-state index contributed by atoms with van der Waals surface area (Å²) in [5.41, 5.74) is -0.246. The number of rotatable bonds is 8. The SMILES string of the molecule is COc1cc(C(=O)N(N)C(=O)C(CCCCl)c2cccc(C(F)(F)F)c2)ccc1-c1cnc(C)o1. The minimum atomic E-state index is -4.59. The van der Waals surface area contributed by atoms with Crippen LogP contribution in [-0.4, -0.2) is 34.8 Å². The molecule has 1 atom stereocenters. The zero-order valence-corrected chi connectivity index (χ0v) is 19.7.